The molecule has 18 heavy (non-hydrogen) atoms. The molecule has 0 saturated heterocycles. The van der Waals surface area contributed by atoms with Crippen molar-refractivity contribution >= 4 is 5.82 Å². The summed E-state index contributed by atoms with van der Waals surface area (Å²) in [7, 11) is 2.92. The third-order valence-corrected chi connectivity index (χ3v) is 2.51. The van der Waals surface area contributed by atoms with E-state index < -0.39 is 11.2 Å². The van der Waals surface area contributed by atoms with Gasteiger partial charge in [-0.3, -0.25) is 14.0 Å². The highest BCUT2D eigenvalue weighted by Gasteiger charge is 2.07. The lowest BCUT2D eigenvalue weighted by atomic mass is 10.5. The maximum atomic E-state index is 11.7. The van der Waals surface area contributed by atoms with Crippen molar-refractivity contribution in [2.24, 2.45) is 14.1 Å². The summed E-state index contributed by atoms with van der Waals surface area (Å²) in [5.41, 5.74) is -0.879. The van der Waals surface area contributed by atoms with Crippen LogP contribution in [0.15, 0.2) is 28.0 Å². The average molecular weight is 250 g/mol. The van der Waals surface area contributed by atoms with Gasteiger partial charge in [-0.05, 0) is 6.07 Å². The molecule has 0 spiro atoms. The Morgan fingerprint density at radius 2 is 2.11 bits per heavy atom. The molecule has 0 fully saturated rings. The van der Waals surface area contributed by atoms with Gasteiger partial charge in [0.15, 0.2) is 0 Å². The Hall–Kier alpha value is -2.38. The summed E-state index contributed by atoms with van der Waals surface area (Å²) in [4.78, 5) is 23.2. The number of aromatic nitrogens is 5. The molecule has 8 nitrogen and oxygen atoms in total. The fourth-order valence-electron chi connectivity index (χ4n) is 1.53. The highest BCUT2D eigenvalue weighted by atomic mass is 16.2. The van der Waals surface area contributed by atoms with E-state index in [0.29, 0.717) is 13.1 Å². The van der Waals surface area contributed by atoms with E-state index >= 15 is 0 Å². The monoisotopic (exact) mass is 250 g/mol. The van der Waals surface area contributed by atoms with Gasteiger partial charge in [0.2, 0.25) is 5.82 Å². The van der Waals surface area contributed by atoms with Gasteiger partial charge in [0.25, 0.3) is 5.56 Å². The van der Waals surface area contributed by atoms with Crippen molar-refractivity contribution in [3.8, 4) is 0 Å². The molecule has 0 aliphatic rings. The predicted octanol–water partition coefficient (Wildman–Crippen LogP) is -1.21. The third-order valence-electron chi connectivity index (χ3n) is 2.51. The first-order chi connectivity index (χ1) is 8.59. The SMILES string of the molecule is Cn1nc(NCCn2cccn2)c(=O)n(C)c1=O. The Kier molecular flexibility index (Phi) is 3.26. The minimum Gasteiger partial charge on any atom is -0.362 e. The number of rotatable bonds is 4. The van der Waals surface area contributed by atoms with Gasteiger partial charge in [-0.2, -0.15) is 5.10 Å². The van der Waals surface area contributed by atoms with Crippen LogP contribution in [0.4, 0.5) is 5.82 Å². The van der Waals surface area contributed by atoms with Crippen LogP contribution < -0.4 is 16.6 Å². The van der Waals surface area contributed by atoms with Gasteiger partial charge in [-0.1, -0.05) is 0 Å². The van der Waals surface area contributed by atoms with E-state index in [2.05, 4.69) is 15.5 Å². The van der Waals surface area contributed by atoms with Crippen LogP contribution in [0, 0.1) is 0 Å². The van der Waals surface area contributed by atoms with Crippen LogP contribution in [0.5, 0.6) is 0 Å². The zero-order valence-corrected chi connectivity index (χ0v) is 10.2. The molecule has 0 aliphatic heterocycles. The zero-order chi connectivity index (χ0) is 13.1. The molecule has 2 rings (SSSR count). The topological polar surface area (TPSA) is 86.7 Å². The molecular weight excluding hydrogens is 236 g/mol. The Balaban J connectivity index is 2.10. The largest absolute Gasteiger partial charge is 0.362 e. The average Bonchev–Trinajstić information content (AvgIpc) is 2.86. The van der Waals surface area contributed by atoms with Crippen LogP contribution in [-0.2, 0) is 20.6 Å². The molecule has 0 aromatic carbocycles. The number of hydrogen-bond donors (Lipinski definition) is 1. The van der Waals surface area contributed by atoms with Gasteiger partial charge in [-0.15, -0.1) is 5.10 Å². The fourth-order valence-corrected chi connectivity index (χ4v) is 1.53. The van der Waals surface area contributed by atoms with Crippen LogP contribution in [0.2, 0.25) is 0 Å². The summed E-state index contributed by atoms with van der Waals surface area (Å²) < 4.78 is 3.88. The van der Waals surface area contributed by atoms with Crippen LogP contribution in [0.1, 0.15) is 0 Å². The second-order valence-corrected chi connectivity index (χ2v) is 3.81. The minimum atomic E-state index is -0.447. The molecule has 0 unspecified atom stereocenters. The van der Waals surface area contributed by atoms with E-state index in [9.17, 15) is 9.59 Å². The normalized spacial score (nSPS) is 10.6. The highest BCUT2D eigenvalue weighted by molar-refractivity contribution is 5.29. The van der Waals surface area contributed by atoms with E-state index in [-0.39, 0.29) is 5.82 Å². The van der Waals surface area contributed by atoms with Crippen LogP contribution in [-0.4, -0.2) is 30.7 Å². The molecule has 2 aromatic heterocycles. The molecule has 0 radical (unpaired) electrons. The van der Waals surface area contributed by atoms with Crippen LogP contribution in [0.3, 0.4) is 0 Å². The second-order valence-electron chi connectivity index (χ2n) is 3.81. The van der Waals surface area contributed by atoms with E-state index in [4.69, 9.17) is 0 Å². The van der Waals surface area contributed by atoms with Gasteiger partial charge >= 0.3 is 5.69 Å². The van der Waals surface area contributed by atoms with Crippen molar-refractivity contribution < 1.29 is 0 Å². The lowest BCUT2D eigenvalue weighted by Crippen LogP contribution is -2.40. The maximum Gasteiger partial charge on any atom is 0.346 e. The van der Waals surface area contributed by atoms with Crippen LogP contribution in [0.25, 0.3) is 0 Å². The molecule has 1 N–H and O–H groups in total. The summed E-state index contributed by atoms with van der Waals surface area (Å²) in [5.74, 6) is 0.159. The molecule has 2 aromatic rings. The van der Waals surface area contributed by atoms with Crippen molar-refractivity contribution in [3.05, 3.63) is 39.3 Å². The highest BCUT2D eigenvalue weighted by Crippen LogP contribution is 1.90. The zero-order valence-electron chi connectivity index (χ0n) is 10.2. The van der Waals surface area contributed by atoms with E-state index in [1.807, 2.05) is 12.3 Å². The van der Waals surface area contributed by atoms with Gasteiger partial charge in [0, 0.05) is 33.0 Å². The molecule has 0 aliphatic carbocycles. The van der Waals surface area contributed by atoms with E-state index in [0.717, 1.165) is 9.25 Å². The summed E-state index contributed by atoms with van der Waals surface area (Å²) >= 11 is 0. The quantitative estimate of drug-likeness (QED) is 0.735. The minimum absolute atomic E-state index is 0.159. The fraction of sp³-hybridized carbons (Fsp3) is 0.400. The molecule has 0 amide bonds. The Morgan fingerprint density at radius 1 is 1.33 bits per heavy atom. The number of aryl methyl sites for hydroxylation is 1. The molecule has 0 atom stereocenters. The lowest BCUT2D eigenvalue weighted by Gasteiger charge is -2.07. The maximum absolute atomic E-state index is 11.7. The lowest BCUT2D eigenvalue weighted by molar-refractivity contribution is 0.596. The number of nitrogens with zero attached hydrogens (tertiary/aromatic N) is 5. The number of nitrogens with one attached hydrogen (secondary N) is 1. The molecular formula is C10H14N6O2. The van der Waals surface area contributed by atoms with Crippen molar-refractivity contribution in [1.82, 2.24) is 24.1 Å². The van der Waals surface area contributed by atoms with Crippen molar-refractivity contribution in [1.29, 1.82) is 0 Å². The van der Waals surface area contributed by atoms with Gasteiger partial charge < -0.3 is 5.32 Å². The molecule has 0 saturated carbocycles. The predicted molar refractivity (Wildman–Crippen MR) is 65.4 cm³/mol. The summed E-state index contributed by atoms with van der Waals surface area (Å²) in [6.07, 6.45) is 3.51. The number of anilines is 1. The summed E-state index contributed by atoms with van der Waals surface area (Å²) in [6.45, 7) is 1.11. The van der Waals surface area contributed by atoms with Gasteiger partial charge in [0.05, 0.1) is 6.54 Å². The van der Waals surface area contributed by atoms with E-state index in [1.165, 1.54) is 14.1 Å². The summed E-state index contributed by atoms with van der Waals surface area (Å²) in [5, 5.41) is 10.8. The Morgan fingerprint density at radius 3 is 2.78 bits per heavy atom. The van der Waals surface area contributed by atoms with E-state index in [1.54, 1.807) is 10.9 Å². The molecule has 96 valence electrons. The van der Waals surface area contributed by atoms with Gasteiger partial charge in [-0.25, -0.2) is 9.48 Å². The second kappa shape index (κ2) is 4.86. The third kappa shape index (κ3) is 2.31. The first-order valence-electron chi connectivity index (χ1n) is 5.45. The molecule has 0 bridgehead atoms. The first-order valence-corrected chi connectivity index (χ1v) is 5.45. The number of hydrogen-bond acceptors (Lipinski definition) is 5. The first kappa shape index (κ1) is 12.1. The van der Waals surface area contributed by atoms with Crippen LogP contribution >= 0.6 is 0 Å². The van der Waals surface area contributed by atoms with Crippen molar-refractivity contribution in [2.45, 2.75) is 6.54 Å². The van der Waals surface area contributed by atoms with Crippen molar-refractivity contribution in [2.75, 3.05) is 11.9 Å². The molecule has 8 heteroatoms. The Bertz CT molecular complexity index is 639. The Labute approximate surface area is 102 Å². The summed E-state index contributed by atoms with van der Waals surface area (Å²) in [6, 6.07) is 1.82. The van der Waals surface area contributed by atoms with Crippen molar-refractivity contribution in [3.63, 3.8) is 0 Å². The molecule has 2 heterocycles. The smallest absolute Gasteiger partial charge is 0.346 e. The standard InChI is InChI=1S/C10H14N6O2/c1-14-9(17)8(13-15(2)10(14)18)11-5-7-16-6-3-4-12-16/h3-4,6H,5,7H2,1-2H3,(H,11,13). The van der Waals surface area contributed by atoms with Gasteiger partial charge in [0.1, 0.15) is 0 Å².